The Bertz CT molecular complexity index is 1010. The number of aromatic nitrogens is 3. The molecule has 0 aliphatic carbocycles. The Labute approximate surface area is 172 Å². The van der Waals surface area contributed by atoms with Crippen LogP contribution in [-0.4, -0.2) is 46.2 Å². The van der Waals surface area contributed by atoms with Gasteiger partial charge in [0.2, 0.25) is 0 Å². The first-order chi connectivity index (χ1) is 13.6. The van der Waals surface area contributed by atoms with Crippen LogP contribution in [0.3, 0.4) is 0 Å². The molecule has 0 spiro atoms. The third-order valence-electron chi connectivity index (χ3n) is 4.80. The molecule has 0 saturated heterocycles. The maximum Gasteiger partial charge on any atom is 0.273 e. The Balaban J connectivity index is 1.83. The summed E-state index contributed by atoms with van der Waals surface area (Å²) in [5, 5.41) is 8.35. The van der Waals surface area contributed by atoms with Crippen molar-refractivity contribution in [2.24, 2.45) is 0 Å². The standard InChI is InChI=1S/C20H18Cl2N4O2/c1-28-9-3-8-26-19(12-4-2-7-23-11-12)16-17(24-25-18(16)20(26)27)14-6-5-13(21)10-15(14)22/h2,4-7,10-11,19H,3,8-9H2,1H3,(H,24,25). The second-order valence-corrected chi connectivity index (χ2v) is 7.36. The molecule has 0 fully saturated rings. The number of carbonyl (C=O) groups excluding carboxylic acids is 1. The number of halogens is 2. The molecule has 4 rings (SSSR count). The molecule has 0 bridgehead atoms. The summed E-state index contributed by atoms with van der Waals surface area (Å²) in [6, 6.07) is 8.78. The van der Waals surface area contributed by atoms with Gasteiger partial charge in [-0.05, 0) is 36.2 Å². The van der Waals surface area contributed by atoms with Crippen LogP contribution >= 0.6 is 23.2 Å². The quantitative estimate of drug-likeness (QED) is 0.605. The van der Waals surface area contributed by atoms with Crippen LogP contribution in [0.25, 0.3) is 11.3 Å². The highest BCUT2D eigenvalue weighted by molar-refractivity contribution is 6.36. The van der Waals surface area contributed by atoms with Gasteiger partial charge in [-0.3, -0.25) is 14.9 Å². The van der Waals surface area contributed by atoms with Crippen molar-refractivity contribution in [2.75, 3.05) is 20.3 Å². The van der Waals surface area contributed by atoms with E-state index in [0.29, 0.717) is 34.6 Å². The van der Waals surface area contributed by atoms with Crippen molar-refractivity contribution in [3.05, 3.63) is 69.6 Å². The second-order valence-electron chi connectivity index (χ2n) is 6.52. The molecule has 0 saturated carbocycles. The Kier molecular flexibility index (Phi) is 5.35. The number of fused-ring (bicyclic) bond motifs is 1. The minimum absolute atomic E-state index is 0.0937. The van der Waals surface area contributed by atoms with Crippen LogP contribution < -0.4 is 0 Å². The monoisotopic (exact) mass is 416 g/mol. The van der Waals surface area contributed by atoms with Crippen molar-refractivity contribution >= 4 is 29.1 Å². The van der Waals surface area contributed by atoms with E-state index in [2.05, 4.69) is 15.2 Å². The highest BCUT2D eigenvalue weighted by atomic mass is 35.5. The molecule has 8 heteroatoms. The number of pyridine rings is 1. The highest BCUT2D eigenvalue weighted by Crippen LogP contribution is 2.44. The van der Waals surface area contributed by atoms with Crippen molar-refractivity contribution in [3.8, 4) is 11.3 Å². The van der Waals surface area contributed by atoms with Crippen LogP contribution in [0.1, 0.15) is 34.1 Å². The molecule has 1 atom stereocenters. The van der Waals surface area contributed by atoms with E-state index in [-0.39, 0.29) is 11.9 Å². The van der Waals surface area contributed by atoms with Gasteiger partial charge >= 0.3 is 0 Å². The van der Waals surface area contributed by atoms with Crippen LogP contribution in [0.4, 0.5) is 0 Å². The third-order valence-corrected chi connectivity index (χ3v) is 5.35. The smallest absolute Gasteiger partial charge is 0.273 e. The lowest BCUT2D eigenvalue weighted by Crippen LogP contribution is -2.31. The SMILES string of the molecule is COCCCN1C(=O)c2[nH]nc(-c3ccc(Cl)cc3Cl)c2C1c1cccnc1. The van der Waals surface area contributed by atoms with Crippen LogP contribution in [0, 0.1) is 0 Å². The first-order valence-corrected chi connectivity index (χ1v) is 9.61. The fourth-order valence-corrected chi connectivity index (χ4v) is 4.08. The minimum atomic E-state index is -0.298. The number of nitrogens with one attached hydrogen (secondary N) is 1. The molecule has 1 aliphatic rings. The van der Waals surface area contributed by atoms with Gasteiger partial charge in [0.25, 0.3) is 5.91 Å². The van der Waals surface area contributed by atoms with Crippen molar-refractivity contribution < 1.29 is 9.53 Å². The van der Waals surface area contributed by atoms with E-state index in [9.17, 15) is 4.79 Å². The maximum absolute atomic E-state index is 13.1. The van der Waals surface area contributed by atoms with Gasteiger partial charge in [-0.25, -0.2) is 0 Å². The van der Waals surface area contributed by atoms with Gasteiger partial charge in [0.15, 0.2) is 0 Å². The zero-order valence-corrected chi connectivity index (χ0v) is 16.7. The number of rotatable bonds is 6. The van der Waals surface area contributed by atoms with Gasteiger partial charge in [0.1, 0.15) is 11.4 Å². The summed E-state index contributed by atoms with van der Waals surface area (Å²) in [4.78, 5) is 19.2. The number of hydrogen-bond donors (Lipinski definition) is 1. The highest BCUT2D eigenvalue weighted by Gasteiger charge is 2.42. The molecule has 144 valence electrons. The fourth-order valence-electron chi connectivity index (χ4n) is 3.58. The number of ether oxygens (including phenoxy) is 1. The molecular weight excluding hydrogens is 399 g/mol. The Morgan fingerprint density at radius 1 is 1.29 bits per heavy atom. The normalized spacial score (nSPS) is 15.9. The Hall–Kier alpha value is -2.41. The molecule has 6 nitrogen and oxygen atoms in total. The van der Waals surface area contributed by atoms with Gasteiger partial charge in [-0.15, -0.1) is 0 Å². The van der Waals surface area contributed by atoms with Crippen LogP contribution in [0.15, 0.2) is 42.7 Å². The van der Waals surface area contributed by atoms with Gasteiger partial charge in [-0.1, -0.05) is 29.3 Å². The average molecular weight is 417 g/mol. The van der Waals surface area contributed by atoms with E-state index >= 15 is 0 Å². The number of amides is 1. The van der Waals surface area contributed by atoms with Gasteiger partial charge in [0.05, 0.1) is 11.1 Å². The maximum atomic E-state index is 13.1. The number of H-pyrrole nitrogens is 1. The first kappa shape index (κ1) is 18.9. The molecule has 1 aromatic carbocycles. The third kappa shape index (κ3) is 3.28. The predicted molar refractivity (Wildman–Crippen MR) is 108 cm³/mol. The number of benzene rings is 1. The number of carbonyl (C=O) groups is 1. The molecule has 1 N–H and O–H groups in total. The molecule has 1 aliphatic heterocycles. The van der Waals surface area contributed by atoms with Crippen LogP contribution in [0.2, 0.25) is 10.0 Å². The molecule has 2 aromatic heterocycles. The van der Waals surface area contributed by atoms with Gasteiger partial charge in [-0.2, -0.15) is 5.10 Å². The van der Waals surface area contributed by atoms with E-state index in [1.54, 1.807) is 31.6 Å². The summed E-state index contributed by atoms with van der Waals surface area (Å²) >= 11 is 12.5. The zero-order chi connectivity index (χ0) is 19.7. The van der Waals surface area contributed by atoms with Crippen molar-refractivity contribution in [1.29, 1.82) is 0 Å². The number of nitrogens with zero attached hydrogens (tertiary/aromatic N) is 3. The Morgan fingerprint density at radius 3 is 2.86 bits per heavy atom. The summed E-state index contributed by atoms with van der Waals surface area (Å²) in [5.74, 6) is -0.0937. The summed E-state index contributed by atoms with van der Waals surface area (Å²) in [6.45, 7) is 1.13. The summed E-state index contributed by atoms with van der Waals surface area (Å²) < 4.78 is 5.16. The molecule has 0 radical (unpaired) electrons. The molecule has 28 heavy (non-hydrogen) atoms. The van der Waals surface area contributed by atoms with E-state index < -0.39 is 0 Å². The summed E-state index contributed by atoms with van der Waals surface area (Å²) in [5.41, 5.74) is 3.57. The summed E-state index contributed by atoms with van der Waals surface area (Å²) in [7, 11) is 1.65. The first-order valence-electron chi connectivity index (χ1n) is 8.85. The van der Waals surface area contributed by atoms with Gasteiger partial charge in [0, 0.05) is 48.8 Å². The summed E-state index contributed by atoms with van der Waals surface area (Å²) in [6.07, 6.45) is 4.22. The van der Waals surface area contributed by atoms with Crippen LogP contribution in [0.5, 0.6) is 0 Å². The topological polar surface area (TPSA) is 71.1 Å². The number of aromatic amines is 1. The van der Waals surface area contributed by atoms with Crippen LogP contribution in [-0.2, 0) is 4.74 Å². The number of methoxy groups -OCH3 is 1. The molecule has 1 amide bonds. The van der Waals surface area contributed by atoms with Crippen molar-refractivity contribution in [3.63, 3.8) is 0 Å². The Morgan fingerprint density at radius 2 is 2.14 bits per heavy atom. The van der Waals surface area contributed by atoms with Crippen molar-refractivity contribution in [1.82, 2.24) is 20.1 Å². The average Bonchev–Trinajstić information content (AvgIpc) is 3.22. The molecule has 3 aromatic rings. The van der Waals surface area contributed by atoms with E-state index in [1.807, 2.05) is 23.1 Å². The molecule has 3 heterocycles. The van der Waals surface area contributed by atoms with Crippen molar-refractivity contribution in [2.45, 2.75) is 12.5 Å². The van der Waals surface area contributed by atoms with E-state index in [1.165, 1.54) is 0 Å². The van der Waals surface area contributed by atoms with Gasteiger partial charge < -0.3 is 9.64 Å². The van der Waals surface area contributed by atoms with E-state index in [4.69, 9.17) is 27.9 Å². The lowest BCUT2D eigenvalue weighted by atomic mass is 9.97. The predicted octanol–water partition coefficient (Wildman–Crippen LogP) is 4.36. The van der Waals surface area contributed by atoms with E-state index in [0.717, 1.165) is 23.1 Å². The minimum Gasteiger partial charge on any atom is -0.385 e. The molecule has 1 unspecified atom stereocenters. The lowest BCUT2D eigenvalue weighted by molar-refractivity contribution is 0.0723. The zero-order valence-electron chi connectivity index (χ0n) is 15.2. The number of hydrogen-bond acceptors (Lipinski definition) is 4. The largest absolute Gasteiger partial charge is 0.385 e. The lowest BCUT2D eigenvalue weighted by Gasteiger charge is -2.26. The second kappa shape index (κ2) is 7.91. The fraction of sp³-hybridized carbons (Fsp3) is 0.250. The molecular formula is C20H18Cl2N4O2.